The van der Waals surface area contributed by atoms with Crippen molar-refractivity contribution in [1.29, 1.82) is 0 Å². The highest BCUT2D eigenvalue weighted by atomic mass is 19.1. The van der Waals surface area contributed by atoms with Crippen LogP contribution in [0.15, 0.2) is 36.8 Å². The largest absolute Gasteiger partial charge is 0.380 e. The van der Waals surface area contributed by atoms with Crippen LogP contribution in [0.1, 0.15) is 56.8 Å². The van der Waals surface area contributed by atoms with Crippen molar-refractivity contribution >= 4 is 23.0 Å². The molecule has 1 fully saturated rings. The van der Waals surface area contributed by atoms with Crippen LogP contribution >= 0.6 is 0 Å². The molecular formula is C24H29FN6O2. The number of hydrogen-bond acceptors (Lipinski definition) is 5. The highest BCUT2D eigenvalue weighted by molar-refractivity contribution is 6.03. The first kappa shape index (κ1) is 22.7. The predicted octanol–water partition coefficient (Wildman–Crippen LogP) is 3.53. The Kier molecular flexibility index (Phi) is 6.57. The molecule has 0 saturated heterocycles. The van der Waals surface area contributed by atoms with Crippen LogP contribution in [0.25, 0.3) is 16.6 Å². The van der Waals surface area contributed by atoms with Crippen molar-refractivity contribution in [3.8, 4) is 11.1 Å². The standard InChI is InChI=1S/C24H29FN6O2/c1-14(2)28-22-20(24(33)30-18-8-6-17(7-9-18)29-15(3)32)12-27-31-13-16(11-21(22)31)19-5-4-10-26-23(19)25/h4-5,10-14,17-18,28H,6-9H2,1-3H3,(H,29,32)(H,30,33). The quantitative estimate of drug-likeness (QED) is 0.497. The van der Waals surface area contributed by atoms with Crippen molar-refractivity contribution in [2.75, 3.05) is 5.32 Å². The zero-order valence-corrected chi connectivity index (χ0v) is 19.1. The molecule has 0 radical (unpaired) electrons. The molecule has 1 aliphatic rings. The van der Waals surface area contributed by atoms with Crippen LogP contribution in [0.4, 0.5) is 10.1 Å². The number of rotatable bonds is 6. The second-order valence-corrected chi connectivity index (χ2v) is 8.86. The number of nitrogens with one attached hydrogen (secondary N) is 3. The molecule has 0 unspecified atom stereocenters. The molecule has 3 aromatic rings. The van der Waals surface area contributed by atoms with Crippen LogP contribution < -0.4 is 16.0 Å². The maximum Gasteiger partial charge on any atom is 0.255 e. The number of pyridine rings is 1. The van der Waals surface area contributed by atoms with E-state index in [1.54, 1.807) is 29.0 Å². The Labute approximate surface area is 192 Å². The van der Waals surface area contributed by atoms with Crippen LogP contribution in [-0.4, -0.2) is 44.5 Å². The summed E-state index contributed by atoms with van der Waals surface area (Å²) in [5.74, 6) is -0.782. The highest BCUT2D eigenvalue weighted by Gasteiger charge is 2.25. The molecule has 0 aliphatic heterocycles. The van der Waals surface area contributed by atoms with Gasteiger partial charge in [-0.1, -0.05) is 0 Å². The van der Waals surface area contributed by atoms with Crippen molar-refractivity contribution in [2.45, 2.75) is 64.6 Å². The minimum Gasteiger partial charge on any atom is -0.380 e. The van der Waals surface area contributed by atoms with Gasteiger partial charge in [-0.05, 0) is 57.7 Å². The SMILES string of the molecule is CC(=O)NC1CCC(NC(=O)c2cnn3cc(-c4cccnc4F)cc3c2NC(C)C)CC1. The minimum absolute atomic E-state index is 0.0241. The molecule has 0 bridgehead atoms. The maximum absolute atomic E-state index is 14.2. The third-order valence-electron chi connectivity index (χ3n) is 5.85. The number of nitrogens with zero attached hydrogens (tertiary/aromatic N) is 3. The molecule has 3 heterocycles. The molecule has 3 aromatic heterocycles. The molecule has 3 N–H and O–H groups in total. The number of aromatic nitrogens is 3. The van der Waals surface area contributed by atoms with Gasteiger partial charge in [-0.2, -0.15) is 9.49 Å². The molecule has 1 aliphatic carbocycles. The zero-order chi connectivity index (χ0) is 23.5. The van der Waals surface area contributed by atoms with E-state index in [9.17, 15) is 14.0 Å². The fourth-order valence-corrected chi connectivity index (χ4v) is 4.35. The number of fused-ring (bicyclic) bond motifs is 1. The number of carbonyl (C=O) groups excluding carboxylic acids is 2. The summed E-state index contributed by atoms with van der Waals surface area (Å²) in [6, 6.07) is 5.44. The third kappa shape index (κ3) is 5.13. The van der Waals surface area contributed by atoms with E-state index >= 15 is 0 Å². The van der Waals surface area contributed by atoms with E-state index in [-0.39, 0.29) is 29.9 Å². The number of halogens is 1. The van der Waals surface area contributed by atoms with E-state index in [0.29, 0.717) is 27.9 Å². The normalized spacial score (nSPS) is 18.3. The Hall–Kier alpha value is -3.49. The first-order valence-electron chi connectivity index (χ1n) is 11.3. The molecule has 174 valence electrons. The Bertz CT molecular complexity index is 1170. The van der Waals surface area contributed by atoms with Gasteiger partial charge in [0.1, 0.15) is 0 Å². The lowest BCUT2D eigenvalue weighted by atomic mass is 9.91. The van der Waals surface area contributed by atoms with Crippen LogP contribution in [-0.2, 0) is 4.79 Å². The van der Waals surface area contributed by atoms with Gasteiger partial charge < -0.3 is 16.0 Å². The van der Waals surface area contributed by atoms with Gasteiger partial charge in [0.2, 0.25) is 11.9 Å². The summed E-state index contributed by atoms with van der Waals surface area (Å²) >= 11 is 0. The zero-order valence-electron chi connectivity index (χ0n) is 19.1. The van der Waals surface area contributed by atoms with Gasteiger partial charge in [0.15, 0.2) is 0 Å². The van der Waals surface area contributed by atoms with E-state index in [2.05, 4.69) is 26.0 Å². The third-order valence-corrected chi connectivity index (χ3v) is 5.85. The summed E-state index contributed by atoms with van der Waals surface area (Å²) in [6.07, 6.45) is 7.94. The lowest BCUT2D eigenvalue weighted by Crippen LogP contribution is -2.43. The number of amides is 2. The van der Waals surface area contributed by atoms with Crippen LogP contribution in [0, 0.1) is 5.95 Å². The number of carbonyl (C=O) groups is 2. The molecule has 9 heteroatoms. The van der Waals surface area contributed by atoms with E-state index in [4.69, 9.17) is 0 Å². The lowest BCUT2D eigenvalue weighted by Gasteiger charge is -2.29. The van der Waals surface area contributed by atoms with Gasteiger partial charge in [-0.15, -0.1) is 0 Å². The van der Waals surface area contributed by atoms with Gasteiger partial charge >= 0.3 is 0 Å². The maximum atomic E-state index is 14.2. The molecule has 0 spiro atoms. The van der Waals surface area contributed by atoms with Crippen molar-refractivity contribution in [3.05, 3.63) is 48.3 Å². The summed E-state index contributed by atoms with van der Waals surface area (Å²) in [7, 11) is 0. The molecule has 1 saturated carbocycles. The first-order chi connectivity index (χ1) is 15.8. The van der Waals surface area contributed by atoms with Gasteiger partial charge in [-0.25, -0.2) is 9.50 Å². The summed E-state index contributed by atoms with van der Waals surface area (Å²) in [5, 5.41) is 13.8. The van der Waals surface area contributed by atoms with Crippen molar-refractivity contribution in [2.24, 2.45) is 0 Å². The fraction of sp³-hybridized carbons (Fsp3) is 0.417. The first-order valence-corrected chi connectivity index (χ1v) is 11.3. The number of anilines is 1. The van der Waals surface area contributed by atoms with E-state index < -0.39 is 5.95 Å². The molecule has 33 heavy (non-hydrogen) atoms. The summed E-state index contributed by atoms with van der Waals surface area (Å²) < 4.78 is 15.9. The number of hydrogen-bond donors (Lipinski definition) is 3. The fourth-order valence-electron chi connectivity index (χ4n) is 4.35. The van der Waals surface area contributed by atoms with Gasteiger partial charge in [0.05, 0.1) is 23.0 Å². The van der Waals surface area contributed by atoms with Crippen molar-refractivity contribution in [1.82, 2.24) is 25.2 Å². The summed E-state index contributed by atoms with van der Waals surface area (Å²) in [6.45, 7) is 5.51. The molecule has 2 amide bonds. The Morgan fingerprint density at radius 2 is 1.85 bits per heavy atom. The second-order valence-electron chi connectivity index (χ2n) is 8.86. The molecule has 0 aromatic carbocycles. The van der Waals surface area contributed by atoms with E-state index in [1.807, 2.05) is 19.9 Å². The van der Waals surface area contributed by atoms with E-state index in [1.165, 1.54) is 13.1 Å². The van der Waals surface area contributed by atoms with Crippen LogP contribution in [0.5, 0.6) is 0 Å². The topological polar surface area (TPSA) is 100 Å². The molecule has 8 nitrogen and oxygen atoms in total. The van der Waals surface area contributed by atoms with Gasteiger partial charge in [0.25, 0.3) is 5.91 Å². The molecular weight excluding hydrogens is 423 g/mol. The molecule has 0 atom stereocenters. The average molecular weight is 453 g/mol. The van der Waals surface area contributed by atoms with Crippen molar-refractivity contribution in [3.63, 3.8) is 0 Å². The van der Waals surface area contributed by atoms with Crippen molar-refractivity contribution < 1.29 is 14.0 Å². The smallest absolute Gasteiger partial charge is 0.255 e. The lowest BCUT2D eigenvalue weighted by molar-refractivity contribution is -0.119. The Morgan fingerprint density at radius 3 is 2.48 bits per heavy atom. The average Bonchev–Trinajstić information content (AvgIpc) is 3.19. The summed E-state index contributed by atoms with van der Waals surface area (Å²) in [5.41, 5.74) is 2.79. The molecule has 4 rings (SSSR count). The Balaban J connectivity index is 1.60. The van der Waals surface area contributed by atoms with Crippen LogP contribution in [0.3, 0.4) is 0 Å². The van der Waals surface area contributed by atoms with Crippen LogP contribution in [0.2, 0.25) is 0 Å². The highest BCUT2D eigenvalue weighted by Crippen LogP contribution is 2.30. The Morgan fingerprint density at radius 1 is 1.15 bits per heavy atom. The monoisotopic (exact) mass is 452 g/mol. The van der Waals surface area contributed by atoms with Gasteiger partial charge in [0, 0.05) is 48.6 Å². The van der Waals surface area contributed by atoms with E-state index in [0.717, 1.165) is 25.7 Å². The minimum atomic E-state index is -0.556. The van der Waals surface area contributed by atoms with Gasteiger partial charge in [-0.3, -0.25) is 9.59 Å². The second kappa shape index (κ2) is 9.56. The summed E-state index contributed by atoms with van der Waals surface area (Å²) in [4.78, 5) is 28.2. The predicted molar refractivity (Wildman–Crippen MR) is 124 cm³/mol.